The van der Waals surface area contributed by atoms with Crippen LogP contribution < -0.4 is 0 Å². The number of nitriles is 2. The summed E-state index contributed by atoms with van der Waals surface area (Å²) in [7, 11) is 0. The lowest BCUT2D eigenvalue weighted by Gasteiger charge is -2.35. The van der Waals surface area contributed by atoms with Crippen molar-refractivity contribution in [3.05, 3.63) is 35.4 Å². The van der Waals surface area contributed by atoms with E-state index in [1.165, 1.54) is 37.7 Å². The molecule has 0 atom stereocenters. The largest absolute Gasteiger partial charge is 0.198 e. The number of nitrogens with zero attached hydrogens (tertiary/aromatic N) is 2. The predicted octanol–water partition coefficient (Wildman–Crippen LogP) is 6.09. The standard InChI is InChI=1S/C21H28N2/c1-2-3-4-5-6-13-21(17-23)14-11-20(12-15-21)19-9-7-18(16-22)8-10-19/h7-10,20H,2-6,11-15H2,1H3. The maximum absolute atomic E-state index is 9.68. The predicted molar refractivity (Wildman–Crippen MR) is 93.8 cm³/mol. The molecule has 122 valence electrons. The summed E-state index contributed by atoms with van der Waals surface area (Å²) in [4.78, 5) is 0. The Labute approximate surface area is 141 Å². The average molecular weight is 308 g/mol. The molecule has 1 aromatic carbocycles. The van der Waals surface area contributed by atoms with Gasteiger partial charge in [0.1, 0.15) is 0 Å². The lowest BCUT2D eigenvalue weighted by Crippen LogP contribution is -2.25. The van der Waals surface area contributed by atoms with Gasteiger partial charge in [0.05, 0.1) is 23.1 Å². The summed E-state index contributed by atoms with van der Waals surface area (Å²) in [6.45, 7) is 2.24. The van der Waals surface area contributed by atoms with Crippen LogP contribution in [0.5, 0.6) is 0 Å². The number of rotatable bonds is 7. The van der Waals surface area contributed by atoms with E-state index in [4.69, 9.17) is 5.26 Å². The topological polar surface area (TPSA) is 47.6 Å². The molecule has 0 spiro atoms. The van der Waals surface area contributed by atoms with Crippen molar-refractivity contribution >= 4 is 0 Å². The number of unbranched alkanes of at least 4 members (excludes halogenated alkanes) is 4. The molecule has 0 radical (unpaired) electrons. The van der Waals surface area contributed by atoms with Crippen molar-refractivity contribution in [3.63, 3.8) is 0 Å². The summed E-state index contributed by atoms with van der Waals surface area (Å²) in [5.41, 5.74) is 1.98. The quantitative estimate of drug-likeness (QED) is 0.572. The van der Waals surface area contributed by atoms with Gasteiger partial charge in [-0.05, 0) is 55.7 Å². The Morgan fingerprint density at radius 1 is 1.00 bits per heavy atom. The first-order valence-corrected chi connectivity index (χ1v) is 9.14. The molecule has 1 saturated carbocycles. The molecule has 1 fully saturated rings. The number of hydrogen-bond acceptors (Lipinski definition) is 2. The third-order valence-electron chi connectivity index (χ3n) is 5.45. The van der Waals surface area contributed by atoms with Gasteiger partial charge < -0.3 is 0 Å². The zero-order valence-corrected chi connectivity index (χ0v) is 14.4. The lowest BCUT2D eigenvalue weighted by molar-refractivity contribution is 0.223. The molecular formula is C21H28N2. The fourth-order valence-electron chi connectivity index (χ4n) is 3.82. The highest BCUT2D eigenvalue weighted by Gasteiger charge is 2.35. The summed E-state index contributed by atoms with van der Waals surface area (Å²) in [6, 6.07) is 12.8. The summed E-state index contributed by atoms with van der Waals surface area (Å²) in [5.74, 6) is 0.560. The zero-order valence-electron chi connectivity index (χ0n) is 14.4. The molecule has 0 aliphatic heterocycles. The van der Waals surface area contributed by atoms with Gasteiger partial charge in [0.25, 0.3) is 0 Å². The first kappa shape index (κ1) is 17.6. The van der Waals surface area contributed by atoms with Crippen LogP contribution in [0.4, 0.5) is 0 Å². The van der Waals surface area contributed by atoms with E-state index in [2.05, 4.69) is 31.2 Å². The van der Waals surface area contributed by atoms with E-state index in [1.807, 2.05) is 12.1 Å². The molecule has 0 bridgehead atoms. The molecule has 23 heavy (non-hydrogen) atoms. The van der Waals surface area contributed by atoms with Gasteiger partial charge in [-0.25, -0.2) is 0 Å². The first-order chi connectivity index (χ1) is 11.2. The van der Waals surface area contributed by atoms with Crippen molar-refractivity contribution in [2.45, 2.75) is 77.0 Å². The van der Waals surface area contributed by atoms with Crippen LogP contribution in [-0.4, -0.2) is 0 Å². The van der Waals surface area contributed by atoms with Crippen LogP contribution in [-0.2, 0) is 0 Å². The van der Waals surface area contributed by atoms with Gasteiger partial charge in [0.2, 0.25) is 0 Å². The lowest BCUT2D eigenvalue weighted by atomic mass is 9.67. The van der Waals surface area contributed by atoms with Gasteiger partial charge >= 0.3 is 0 Å². The fourth-order valence-corrected chi connectivity index (χ4v) is 3.82. The minimum atomic E-state index is -0.0741. The molecule has 0 unspecified atom stereocenters. The molecule has 0 aromatic heterocycles. The van der Waals surface area contributed by atoms with Gasteiger partial charge in [-0.1, -0.05) is 51.2 Å². The number of hydrogen-bond donors (Lipinski definition) is 0. The van der Waals surface area contributed by atoms with Gasteiger partial charge in [0, 0.05) is 0 Å². The summed E-state index contributed by atoms with van der Waals surface area (Å²) in [5, 5.41) is 18.6. The van der Waals surface area contributed by atoms with E-state index in [0.717, 1.165) is 37.7 Å². The van der Waals surface area contributed by atoms with Gasteiger partial charge in [-0.15, -0.1) is 0 Å². The Bertz CT molecular complexity index is 551. The molecule has 1 aliphatic carbocycles. The van der Waals surface area contributed by atoms with E-state index < -0.39 is 0 Å². The van der Waals surface area contributed by atoms with Crippen molar-refractivity contribution in [1.29, 1.82) is 10.5 Å². The Morgan fingerprint density at radius 2 is 1.65 bits per heavy atom. The minimum Gasteiger partial charge on any atom is -0.198 e. The second kappa shape index (κ2) is 8.73. The maximum atomic E-state index is 9.68. The van der Waals surface area contributed by atoms with Crippen molar-refractivity contribution in [1.82, 2.24) is 0 Å². The molecule has 0 N–H and O–H groups in total. The van der Waals surface area contributed by atoms with Crippen LogP contribution in [0.3, 0.4) is 0 Å². The Balaban J connectivity index is 1.85. The van der Waals surface area contributed by atoms with E-state index in [9.17, 15) is 5.26 Å². The first-order valence-electron chi connectivity index (χ1n) is 9.14. The Kier molecular flexibility index (Phi) is 6.66. The second-order valence-electron chi connectivity index (χ2n) is 7.06. The molecule has 0 heterocycles. The highest BCUT2D eigenvalue weighted by molar-refractivity contribution is 5.33. The minimum absolute atomic E-state index is 0.0741. The smallest absolute Gasteiger partial charge is 0.0991 e. The fraction of sp³-hybridized carbons (Fsp3) is 0.619. The zero-order chi connectivity index (χ0) is 16.5. The molecular weight excluding hydrogens is 280 g/mol. The molecule has 2 rings (SSSR count). The van der Waals surface area contributed by atoms with Gasteiger partial charge in [-0.3, -0.25) is 0 Å². The highest BCUT2D eigenvalue weighted by Crippen LogP contribution is 2.45. The maximum Gasteiger partial charge on any atom is 0.0991 e. The average Bonchev–Trinajstić information content (AvgIpc) is 2.62. The molecule has 2 heteroatoms. The molecule has 0 saturated heterocycles. The number of benzene rings is 1. The molecule has 2 nitrogen and oxygen atoms in total. The van der Waals surface area contributed by atoms with Crippen LogP contribution in [0, 0.1) is 28.1 Å². The van der Waals surface area contributed by atoms with E-state index in [0.29, 0.717) is 5.92 Å². The molecule has 0 amide bonds. The van der Waals surface area contributed by atoms with Crippen molar-refractivity contribution in [2.75, 3.05) is 0 Å². The van der Waals surface area contributed by atoms with Gasteiger partial charge in [-0.2, -0.15) is 10.5 Å². The molecule has 1 aliphatic rings. The Morgan fingerprint density at radius 3 is 2.22 bits per heavy atom. The monoisotopic (exact) mass is 308 g/mol. The van der Waals surface area contributed by atoms with Crippen LogP contribution >= 0.6 is 0 Å². The van der Waals surface area contributed by atoms with Crippen molar-refractivity contribution in [2.24, 2.45) is 5.41 Å². The SMILES string of the molecule is CCCCCCCC1(C#N)CCC(c2ccc(C#N)cc2)CC1. The van der Waals surface area contributed by atoms with Crippen LogP contribution in [0.25, 0.3) is 0 Å². The van der Waals surface area contributed by atoms with E-state index in [-0.39, 0.29) is 5.41 Å². The Hall–Kier alpha value is -1.80. The van der Waals surface area contributed by atoms with Crippen molar-refractivity contribution in [3.8, 4) is 12.1 Å². The second-order valence-corrected chi connectivity index (χ2v) is 7.06. The molecule has 1 aromatic rings. The summed E-state index contributed by atoms with van der Waals surface area (Å²) >= 11 is 0. The van der Waals surface area contributed by atoms with E-state index >= 15 is 0 Å². The normalized spacial score (nSPS) is 23.9. The van der Waals surface area contributed by atoms with Crippen molar-refractivity contribution < 1.29 is 0 Å². The van der Waals surface area contributed by atoms with Gasteiger partial charge in [0.15, 0.2) is 0 Å². The third kappa shape index (κ3) is 4.84. The summed E-state index contributed by atoms with van der Waals surface area (Å²) < 4.78 is 0. The third-order valence-corrected chi connectivity index (χ3v) is 5.45. The van der Waals surface area contributed by atoms with Crippen LogP contribution in [0.15, 0.2) is 24.3 Å². The van der Waals surface area contributed by atoms with E-state index in [1.54, 1.807) is 0 Å². The van der Waals surface area contributed by atoms with Crippen LogP contribution in [0.2, 0.25) is 0 Å². The highest BCUT2D eigenvalue weighted by atomic mass is 14.4. The van der Waals surface area contributed by atoms with Crippen LogP contribution in [0.1, 0.15) is 88.2 Å². The summed E-state index contributed by atoms with van der Waals surface area (Å²) in [6.07, 6.45) is 11.7.